The van der Waals surface area contributed by atoms with Crippen LogP contribution in [0.4, 0.5) is 5.69 Å². The molecule has 1 heterocycles. The SMILES string of the molecule is Nc1cccc(OCCC(=O)NCc2cnc[nH]2)c1. The van der Waals surface area contributed by atoms with Crippen LogP contribution >= 0.6 is 0 Å². The fourth-order valence-corrected chi connectivity index (χ4v) is 1.53. The molecule has 0 aliphatic heterocycles. The number of benzene rings is 1. The predicted octanol–water partition coefficient (Wildman–Crippen LogP) is 1.08. The lowest BCUT2D eigenvalue weighted by Crippen LogP contribution is -2.24. The smallest absolute Gasteiger partial charge is 0.223 e. The fourth-order valence-electron chi connectivity index (χ4n) is 1.53. The number of ether oxygens (including phenoxy) is 1. The van der Waals surface area contributed by atoms with Crippen molar-refractivity contribution < 1.29 is 9.53 Å². The molecule has 6 nitrogen and oxygen atoms in total. The maximum Gasteiger partial charge on any atom is 0.223 e. The van der Waals surface area contributed by atoms with Crippen molar-refractivity contribution in [2.75, 3.05) is 12.3 Å². The maximum atomic E-state index is 11.5. The summed E-state index contributed by atoms with van der Waals surface area (Å²) in [6, 6.07) is 7.12. The minimum absolute atomic E-state index is 0.0708. The lowest BCUT2D eigenvalue weighted by atomic mass is 10.3. The van der Waals surface area contributed by atoms with Crippen LogP contribution in [-0.4, -0.2) is 22.5 Å². The number of H-pyrrole nitrogens is 1. The minimum atomic E-state index is -0.0708. The lowest BCUT2D eigenvalue weighted by molar-refractivity contribution is -0.121. The van der Waals surface area contributed by atoms with Crippen molar-refractivity contribution in [3.63, 3.8) is 0 Å². The normalized spacial score (nSPS) is 10.1. The molecule has 1 aromatic carbocycles. The highest BCUT2D eigenvalue weighted by Crippen LogP contribution is 2.14. The number of nitrogen functional groups attached to an aromatic ring is 1. The number of aromatic amines is 1. The first kappa shape index (κ1) is 12.9. The van der Waals surface area contributed by atoms with Gasteiger partial charge >= 0.3 is 0 Å². The molecule has 19 heavy (non-hydrogen) atoms. The zero-order valence-corrected chi connectivity index (χ0v) is 10.4. The topological polar surface area (TPSA) is 93.0 Å². The molecule has 0 spiro atoms. The van der Waals surface area contributed by atoms with Crippen LogP contribution in [0.1, 0.15) is 12.1 Å². The molecule has 1 aromatic heterocycles. The zero-order valence-electron chi connectivity index (χ0n) is 10.4. The van der Waals surface area contributed by atoms with Crippen LogP contribution < -0.4 is 15.8 Å². The number of amides is 1. The number of nitrogens with two attached hydrogens (primary N) is 1. The van der Waals surface area contributed by atoms with E-state index in [1.807, 2.05) is 6.07 Å². The van der Waals surface area contributed by atoms with Gasteiger partial charge in [0.1, 0.15) is 5.75 Å². The summed E-state index contributed by atoms with van der Waals surface area (Å²) in [5.41, 5.74) is 7.13. The molecule has 100 valence electrons. The molecule has 0 radical (unpaired) electrons. The van der Waals surface area contributed by atoms with E-state index in [1.54, 1.807) is 30.7 Å². The Morgan fingerprint density at radius 2 is 2.37 bits per heavy atom. The first-order valence-electron chi connectivity index (χ1n) is 5.96. The Balaban J connectivity index is 1.66. The van der Waals surface area contributed by atoms with Gasteiger partial charge in [0.2, 0.25) is 5.91 Å². The standard InChI is InChI=1S/C13H16N4O2/c14-10-2-1-3-12(6-10)19-5-4-13(18)16-8-11-7-15-9-17-11/h1-3,6-7,9H,4-5,8,14H2,(H,15,17)(H,16,18). The monoisotopic (exact) mass is 260 g/mol. The van der Waals surface area contributed by atoms with Gasteiger partial charge in [0.15, 0.2) is 0 Å². The summed E-state index contributed by atoms with van der Waals surface area (Å²) >= 11 is 0. The molecule has 0 aliphatic carbocycles. The van der Waals surface area contributed by atoms with Crippen molar-refractivity contribution in [1.29, 1.82) is 0 Å². The Morgan fingerprint density at radius 1 is 1.47 bits per heavy atom. The van der Waals surface area contributed by atoms with Crippen molar-refractivity contribution in [2.24, 2.45) is 0 Å². The quantitative estimate of drug-likeness (QED) is 0.677. The summed E-state index contributed by atoms with van der Waals surface area (Å²) in [6.45, 7) is 0.759. The van der Waals surface area contributed by atoms with Gasteiger partial charge in [0.05, 0.1) is 31.6 Å². The number of hydrogen-bond donors (Lipinski definition) is 3. The number of rotatable bonds is 6. The Morgan fingerprint density at radius 3 is 3.11 bits per heavy atom. The summed E-state index contributed by atoms with van der Waals surface area (Å²) < 4.78 is 5.43. The molecular formula is C13H16N4O2. The van der Waals surface area contributed by atoms with Crippen molar-refractivity contribution in [3.8, 4) is 5.75 Å². The lowest BCUT2D eigenvalue weighted by Gasteiger charge is -2.07. The highest BCUT2D eigenvalue weighted by molar-refractivity contribution is 5.75. The van der Waals surface area contributed by atoms with E-state index in [9.17, 15) is 4.79 Å². The molecule has 1 amide bonds. The molecule has 6 heteroatoms. The maximum absolute atomic E-state index is 11.5. The van der Waals surface area contributed by atoms with Gasteiger partial charge in [0.25, 0.3) is 0 Å². The zero-order chi connectivity index (χ0) is 13.5. The van der Waals surface area contributed by atoms with E-state index in [-0.39, 0.29) is 5.91 Å². The van der Waals surface area contributed by atoms with Crippen LogP contribution in [0.15, 0.2) is 36.8 Å². The van der Waals surface area contributed by atoms with E-state index in [0.29, 0.717) is 31.0 Å². The first-order valence-corrected chi connectivity index (χ1v) is 5.96. The van der Waals surface area contributed by atoms with E-state index in [1.165, 1.54) is 0 Å². The molecule has 2 rings (SSSR count). The molecule has 0 saturated heterocycles. The van der Waals surface area contributed by atoms with Gasteiger partial charge in [-0.25, -0.2) is 4.98 Å². The number of imidazole rings is 1. The van der Waals surface area contributed by atoms with Crippen LogP contribution in [0.5, 0.6) is 5.75 Å². The average Bonchev–Trinajstić information content (AvgIpc) is 2.89. The van der Waals surface area contributed by atoms with Gasteiger partial charge in [-0.05, 0) is 12.1 Å². The molecule has 0 unspecified atom stereocenters. The summed E-state index contributed by atoms with van der Waals surface area (Å²) in [5.74, 6) is 0.597. The number of nitrogens with one attached hydrogen (secondary N) is 2. The summed E-state index contributed by atoms with van der Waals surface area (Å²) in [7, 11) is 0. The number of nitrogens with zero attached hydrogens (tertiary/aromatic N) is 1. The molecular weight excluding hydrogens is 244 g/mol. The summed E-state index contributed by atoms with van der Waals surface area (Å²) in [6.07, 6.45) is 3.54. The highest BCUT2D eigenvalue weighted by Gasteiger charge is 2.02. The Kier molecular flexibility index (Phi) is 4.39. The van der Waals surface area contributed by atoms with Crippen molar-refractivity contribution in [2.45, 2.75) is 13.0 Å². The number of aromatic nitrogens is 2. The van der Waals surface area contributed by atoms with Gasteiger partial charge in [0, 0.05) is 18.0 Å². The third-order valence-corrected chi connectivity index (χ3v) is 2.49. The number of carbonyl (C=O) groups excluding carboxylic acids is 1. The third-order valence-electron chi connectivity index (χ3n) is 2.49. The Bertz CT molecular complexity index is 525. The second-order valence-electron chi connectivity index (χ2n) is 4.02. The highest BCUT2D eigenvalue weighted by atomic mass is 16.5. The molecule has 0 bridgehead atoms. The second kappa shape index (κ2) is 6.44. The van der Waals surface area contributed by atoms with E-state index < -0.39 is 0 Å². The molecule has 0 atom stereocenters. The van der Waals surface area contributed by atoms with Gasteiger partial charge in [-0.15, -0.1) is 0 Å². The predicted molar refractivity (Wildman–Crippen MR) is 71.4 cm³/mol. The minimum Gasteiger partial charge on any atom is -0.493 e. The average molecular weight is 260 g/mol. The molecule has 0 aliphatic rings. The molecule has 4 N–H and O–H groups in total. The van der Waals surface area contributed by atoms with E-state index in [4.69, 9.17) is 10.5 Å². The van der Waals surface area contributed by atoms with Gasteiger partial charge in [-0.2, -0.15) is 0 Å². The van der Waals surface area contributed by atoms with Crippen LogP contribution in [0.25, 0.3) is 0 Å². The molecule has 2 aromatic rings. The number of anilines is 1. The second-order valence-corrected chi connectivity index (χ2v) is 4.02. The van der Waals surface area contributed by atoms with E-state index >= 15 is 0 Å². The van der Waals surface area contributed by atoms with E-state index in [0.717, 1.165) is 5.69 Å². The van der Waals surface area contributed by atoms with Crippen LogP contribution in [-0.2, 0) is 11.3 Å². The summed E-state index contributed by atoms with van der Waals surface area (Å²) in [4.78, 5) is 18.3. The van der Waals surface area contributed by atoms with Crippen molar-refractivity contribution >= 4 is 11.6 Å². The van der Waals surface area contributed by atoms with Crippen LogP contribution in [0.3, 0.4) is 0 Å². The van der Waals surface area contributed by atoms with Crippen LogP contribution in [0.2, 0.25) is 0 Å². The number of hydrogen-bond acceptors (Lipinski definition) is 4. The third kappa shape index (κ3) is 4.34. The van der Waals surface area contributed by atoms with Crippen molar-refractivity contribution in [1.82, 2.24) is 15.3 Å². The van der Waals surface area contributed by atoms with Gasteiger partial charge < -0.3 is 20.8 Å². The number of carbonyl (C=O) groups is 1. The van der Waals surface area contributed by atoms with E-state index in [2.05, 4.69) is 15.3 Å². The van der Waals surface area contributed by atoms with Gasteiger partial charge in [-0.1, -0.05) is 6.07 Å². The Labute approximate surface area is 111 Å². The van der Waals surface area contributed by atoms with Crippen molar-refractivity contribution in [3.05, 3.63) is 42.5 Å². The van der Waals surface area contributed by atoms with Gasteiger partial charge in [-0.3, -0.25) is 4.79 Å². The summed E-state index contributed by atoms with van der Waals surface area (Å²) in [5, 5.41) is 2.77. The fraction of sp³-hybridized carbons (Fsp3) is 0.231. The molecule has 0 saturated carbocycles. The van der Waals surface area contributed by atoms with Crippen LogP contribution in [0, 0.1) is 0 Å². The largest absolute Gasteiger partial charge is 0.493 e. The molecule has 0 fully saturated rings. The first-order chi connectivity index (χ1) is 9.24. The Hall–Kier alpha value is -2.50.